The largest absolute Gasteiger partial charge is 0.495 e. The first-order valence-electron chi connectivity index (χ1n) is 8.43. The van der Waals surface area contributed by atoms with Gasteiger partial charge in [-0.2, -0.15) is 10.1 Å². The van der Waals surface area contributed by atoms with E-state index in [9.17, 15) is 4.79 Å². The number of para-hydroxylation sites is 2. The molecule has 0 spiro atoms. The second-order valence-electron chi connectivity index (χ2n) is 6.29. The minimum absolute atomic E-state index is 0.0121. The highest BCUT2D eigenvalue weighted by molar-refractivity contribution is 5.93. The van der Waals surface area contributed by atoms with Crippen molar-refractivity contribution in [2.24, 2.45) is 7.05 Å². The van der Waals surface area contributed by atoms with Crippen LogP contribution in [0.2, 0.25) is 0 Å². The van der Waals surface area contributed by atoms with Gasteiger partial charge in [-0.1, -0.05) is 17.3 Å². The minimum Gasteiger partial charge on any atom is -0.495 e. The second-order valence-corrected chi connectivity index (χ2v) is 6.29. The Morgan fingerprint density at radius 2 is 2.19 bits per heavy atom. The number of hydrogen-bond donors (Lipinski definition) is 1. The molecule has 0 saturated heterocycles. The number of benzene rings is 1. The van der Waals surface area contributed by atoms with Crippen molar-refractivity contribution < 1.29 is 14.1 Å². The zero-order valence-electron chi connectivity index (χ0n) is 14.6. The molecule has 1 aromatic carbocycles. The zero-order chi connectivity index (χ0) is 18.1. The molecule has 0 bridgehead atoms. The summed E-state index contributed by atoms with van der Waals surface area (Å²) < 4.78 is 12.3. The molecule has 1 N–H and O–H groups in total. The Morgan fingerprint density at radius 1 is 1.38 bits per heavy atom. The molecule has 0 unspecified atom stereocenters. The third kappa shape index (κ3) is 3.17. The number of methoxy groups -OCH3 is 1. The standard InChI is InChI=1S/C18H19N5O3/c1-23-17(12(10-19-23)11-7-8-11)18-21-15(22-26-18)9-16(24)20-13-5-3-4-6-14(13)25-2/h3-6,10-11H,7-9H2,1-2H3,(H,20,24). The van der Waals surface area contributed by atoms with Gasteiger partial charge in [-0.05, 0) is 30.9 Å². The summed E-state index contributed by atoms with van der Waals surface area (Å²) in [6.45, 7) is 0. The number of nitrogens with zero attached hydrogens (tertiary/aromatic N) is 4. The molecule has 3 aromatic rings. The molecular formula is C18H19N5O3. The van der Waals surface area contributed by atoms with Crippen LogP contribution in [0.25, 0.3) is 11.6 Å². The molecular weight excluding hydrogens is 334 g/mol. The monoisotopic (exact) mass is 353 g/mol. The van der Waals surface area contributed by atoms with Gasteiger partial charge in [0.05, 0.1) is 25.4 Å². The fourth-order valence-electron chi connectivity index (χ4n) is 2.92. The van der Waals surface area contributed by atoms with E-state index in [0.717, 1.165) is 24.1 Å². The van der Waals surface area contributed by atoms with Gasteiger partial charge in [0.25, 0.3) is 5.89 Å². The summed E-state index contributed by atoms with van der Waals surface area (Å²) in [5.74, 6) is 1.60. The van der Waals surface area contributed by atoms with Crippen molar-refractivity contribution in [2.75, 3.05) is 12.4 Å². The molecule has 1 aliphatic carbocycles. The van der Waals surface area contributed by atoms with Crippen LogP contribution in [0.15, 0.2) is 35.0 Å². The van der Waals surface area contributed by atoms with E-state index in [1.807, 2.05) is 25.4 Å². The molecule has 8 heteroatoms. The van der Waals surface area contributed by atoms with Crippen LogP contribution in [0.1, 0.15) is 30.1 Å². The van der Waals surface area contributed by atoms with Gasteiger partial charge in [0.2, 0.25) is 5.91 Å². The van der Waals surface area contributed by atoms with Crippen LogP contribution >= 0.6 is 0 Å². The van der Waals surface area contributed by atoms with Crippen LogP contribution in [-0.2, 0) is 18.3 Å². The van der Waals surface area contributed by atoms with Crippen LogP contribution in [0.3, 0.4) is 0 Å². The summed E-state index contributed by atoms with van der Waals surface area (Å²) in [7, 11) is 3.40. The number of nitrogens with one attached hydrogen (secondary N) is 1. The predicted octanol–water partition coefficient (Wildman–Crippen LogP) is 2.54. The second kappa shape index (κ2) is 6.62. The minimum atomic E-state index is -0.241. The molecule has 26 heavy (non-hydrogen) atoms. The van der Waals surface area contributed by atoms with Crippen molar-refractivity contribution in [2.45, 2.75) is 25.2 Å². The zero-order valence-corrected chi connectivity index (χ0v) is 14.6. The fraction of sp³-hybridized carbons (Fsp3) is 0.333. The van der Waals surface area contributed by atoms with Gasteiger partial charge in [0, 0.05) is 12.6 Å². The maximum absolute atomic E-state index is 12.3. The Hall–Kier alpha value is -3.16. The lowest BCUT2D eigenvalue weighted by atomic mass is 10.1. The summed E-state index contributed by atoms with van der Waals surface area (Å²) in [4.78, 5) is 16.7. The molecule has 2 aromatic heterocycles. The summed E-state index contributed by atoms with van der Waals surface area (Å²) in [5, 5.41) is 11.0. The summed E-state index contributed by atoms with van der Waals surface area (Å²) >= 11 is 0. The van der Waals surface area contributed by atoms with Crippen molar-refractivity contribution in [3.8, 4) is 17.3 Å². The Morgan fingerprint density at radius 3 is 2.96 bits per heavy atom. The maximum Gasteiger partial charge on any atom is 0.276 e. The molecule has 0 radical (unpaired) electrons. The Labute approximate surface area is 150 Å². The average molecular weight is 353 g/mol. The Balaban J connectivity index is 1.49. The van der Waals surface area contributed by atoms with Gasteiger partial charge >= 0.3 is 0 Å². The highest BCUT2D eigenvalue weighted by atomic mass is 16.5. The van der Waals surface area contributed by atoms with Crippen molar-refractivity contribution in [3.63, 3.8) is 0 Å². The summed E-state index contributed by atoms with van der Waals surface area (Å²) in [5.41, 5.74) is 2.56. The molecule has 2 heterocycles. The van der Waals surface area contributed by atoms with E-state index in [-0.39, 0.29) is 12.3 Å². The van der Waals surface area contributed by atoms with E-state index < -0.39 is 0 Å². The predicted molar refractivity (Wildman–Crippen MR) is 93.8 cm³/mol. The van der Waals surface area contributed by atoms with Crippen LogP contribution in [-0.4, -0.2) is 32.9 Å². The van der Waals surface area contributed by atoms with Crippen molar-refractivity contribution in [1.82, 2.24) is 19.9 Å². The van der Waals surface area contributed by atoms with Crippen molar-refractivity contribution in [3.05, 3.63) is 41.9 Å². The van der Waals surface area contributed by atoms with Gasteiger partial charge in [0.15, 0.2) is 5.82 Å². The average Bonchev–Trinajstić information content (AvgIpc) is 3.27. The van der Waals surface area contributed by atoms with Gasteiger partial charge in [-0.15, -0.1) is 0 Å². The lowest BCUT2D eigenvalue weighted by Crippen LogP contribution is -2.15. The summed E-state index contributed by atoms with van der Waals surface area (Å²) in [6.07, 6.45) is 4.17. The lowest BCUT2D eigenvalue weighted by Gasteiger charge is -2.08. The Kier molecular flexibility index (Phi) is 4.16. The normalized spacial score (nSPS) is 13.6. The van der Waals surface area contributed by atoms with Crippen LogP contribution in [0, 0.1) is 0 Å². The Bertz CT molecular complexity index is 942. The maximum atomic E-state index is 12.3. The molecule has 1 amide bonds. The lowest BCUT2D eigenvalue weighted by molar-refractivity contribution is -0.115. The number of rotatable bonds is 6. The van der Waals surface area contributed by atoms with E-state index in [2.05, 4.69) is 20.6 Å². The number of aromatic nitrogens is 4. The van der Waals surface area contributed by atoms with Gasteiger partial charge in [-0.25, -0.2) is 0 Å². The first-order valence-corrected chi connectivity index (χ1v) is 8.43. The summed E-state index contributed by atoms with van der Waals surface area (Å²) in [6, 6.07) is 7.22. The first kappa shape index (κ1) is 16.3. The molecule has 0 aliphatic heterocycles. The molecule has 8 nitrogen and oxygen atoms in total. The highest BCUT2D eigenvalue weighted by Crippen LogP contribution is 2.43. The molecule has 134 valence electrons. The number of aryl methyl sites for hydroxylation is 1. The molecule has 4 rings (SSSR count). The van der Waals surface area contributed by atoms with Crippen LogP contribution in [0.4, 0.5) is 5.69 Å². The molecule has 0 atom stereocenters. The van der Waals surface area contributed by atoms with Crippen molar-refractivity contribution in [1.29, 1.82) is 0 Å². The number of carbonyl (C=O) groups excluding carboxylic acids is 1. The number of amides is 1. The number of carbonyl (C=O) groups is 1. The third-order valence-corrected chi connectivity index (χ3v) is 4.35. The third-order valence-electron chi connectivity index (χ3n) is 4.35. The van der Waals surface area contributed by atoms with E-state index in [0.29, 0.717) is 29.1 Å². The number of ether oxygens (including phenoxy) is 1. The number of anilines is 1. The van der Waals surface area contributed by atoms with Gasteiger partial charge < -0.3 is 14.6 Å². The van der Waals surface area contributed by atoms with Crippen LogP contribution < -0.4 is 10.1 Å². The quantitative estimate of drug-likeness (QED) is 0.732. The van der Waals surface area contributed by atoms with E-state index in [1.54, 1.807) is 23.9 Å². The fourth-order valence-corrected chi connectivity index (χ4v) is 2.92. The van der Waals surface area contributed by atoms with Crippen LogP contribution in [0.5, 0.6) is 5.75 Å². The number of hydrogen-bond acceptors (Lipinski definition) is 6. The molecule has 1 saturated carbocycles. The smallest absolute Gasteiger partial charge is 0.276 e. The molecule has 1 fully saturated rings. The molecule has 1 aliphatic rings. The van der Waals surface area contributed by atoms with Gasteiger partial charge in [0.1, 0.15) is 11.4 Å². The first-order chi connectivity index (χ1) is 12.7. The van der Waals surface area contributed by atoms with Crippen molar-refractivity contribution >= 4 is 11.6 Å². The highest BCUT2D eigenvalue weighted by Gasteiger charge is 2.31. The van der Waals surface area contributed by atoms with E-state index >= 15 is 0 Å². The van der Waals surface area contributed by atoms with E-state index in [4.69, 9.17) is 9.26 Å². The topological polar surface area (TPSA) is 95.1 Å². The SMILES string of the molecule is COc1ccccc1NC(=O)Cc1noc(-c2c(C3CC3)cnn2C)n1. The van der Waals surface area contributed by atoms with Gasteiger partial charge in [-0.3, -0.25) is 9.48 Å². The van der Waals surface area contributed by atoms with E-state index in [1.165, 1.54) is 0 Å².